The van der Waals surface area contributed by atoms with Crippen LogP contribution in [0.3, 0.4) is 0 Å². The molecular weight excluding hydrogens is 367 g/mol. The van der Waals surface area contributed by atoms with Gasteiger partial charge in [0, 0.05) is 5.02 Å². The van der Waals surface area contributed by atoms with Crippen LogP contribution in [0.15, 0.2) is 54.9 Å². The zero-order valence-electron chi connectivity index (χ0n) is 14.6. The topological polar surface area (TPSA) is 35.0 Å². The van der Waals surface area contributed by atoms with Gasteiger partial charge in [0.05, 0.1) is 16.4 Å². The van der Waals surface area contributed by atoms with Gasteiger partial charge >= 0.3 is 0 Å². The van der Waals surface area contributed by atoms with Crippen molar-refractivity contribution in [2.45, 2.75) is 32.6 Å². The molecule has 0 aliphatic heterocycles. The second-order valence-electron chi connectivity index (χ2n) is 6.13. The van der Waals surface area contributed by atoms with Gasteiger partial charge in [-0.15, -0.1) is 0 Å². The molecule has 1 aromatic heterocycles. The predicted molar refractivity (Wildman–Crippen MR) is 106 cm³/mol. The van der Waals surface area contributed by atoms with Gasteiger partial charge in [-0.05, 0) is 74.6 Å². The van der Waals surface area contributed by atoms with Crippen LogP contribution in [0.1, 0.15) is 29.8 Å². The number of rotatable bonds is 7. The highest BCUT2D eigenvalue weighted by Gasteiger charge is 2.05. The minimum absolute atomic E-state index is 0.691. The molecule has 0 bridgehead atoms. The molecule has 1 heterocycles. The van der Waals surface area contributed by atoms with Crippen molar-refractivity contribution in [1.29, 1.82) is 0 Å². The molecule has 0 fully saturated rings. The number of hydrogen-bond acceptors (Lipinski definition) is 3. The van der Waals surface area contributed by atoms with Crippen LogP contribution in [0.25, 0.3) is 0 Å². The van der Waals surface area contributed by atoms with Crippen LogP contribution >= 0.6 is 23.2 Å². The van der Waals surface area contributed by atoms with Crippen molar-refractivity contribution < 1.29 is 4.74 Å². The van der Waals surface area contributed by atoms with Gasteiger partial charge in [0.25, 0.3) is 0 Å². The van der Waals surface area contributed by atoms with Crippen molar-refractivity contribution in [2.75, 3.05) is 0 Å². The molecule has 134 valence electrons. The summed E-state index contributed by atoms with van der Waals surface area (Å²) in [7, 11) is 0. The summed E-state index contributed by atoms with van der Waals surface area (Å²) in [6.45, 7) is 1.90. The average molecular weight is 387 g/mol. The molecule has 5 heteroatoms. The molecule has 3 aromatic rings. The SMILES string of the molecule is Cc1ncnc(CCCCc2ccc(Oc3ccc(Cl)cc3)cc2)c1Cl. The third kappa shape index (κ3) is 5.20. The van der Waals surface area contributed by atoms with E-state index in [0.717, 1.165) is 48.6 Å². The van der Waals surface area contributed by atoms with Crippen LogP contribution < -0.4 is 4.74 Å². The van der Waals surface area contributed by atoms with Gasteiger partial charge in [-0.2, -0.15) is 0 Å². The molecule has 0 aliphatic rings. The Hall–Kier alpha value is -2.10. The van der Waals surface area contributed by atoms with Gasteiger partial charge in [0.1, 0.15) is 17.8 Å². The largest absolute Gasteiger partial charge is 0.457 e. The summed E-state index contributed by atoms with van der Waals surface area (Å²) < 4.78 is 5.81. The van der Waals surface area contributed by atoms with E-state index in [1.807, 2.05) is 43.3 Å². The summed E-state index contributed by atoms with van der Waals surface area (Å²) in [5.41, 5.74) is 3.07. The quantitative estimate of drug-likeness (QED) is 0.437. The Morgan fingerprint density at radius 1 is 0.808 bits per heavy atom. The molecule has 3 nitrogen and oxygen atoms in total. The third-order valence-electron chi connectivity index (χ3n) is 4.14. The van der Waals surface area contributed by atoms with Gasteiger partial charge in [0.2, 0.25) is 0 Å². The fourth-order valence-corrected chi connectivity index (χ4v) is 2.98. The minimum Gasteiger partial charge on any atom is -0.457 e. The maximum atomic E-state index is 6.24. The van der Waals surface area contributed by atoms with E-state index in [2.05, 4.69) is 22.1 Å². The third-order valence-corrected chi connectivity index (χ3v) is 4.88. The van der Waals surface area contributed by atoms with Crippen molar-refractivity contribution >= 4 is 23.2 Å². The number of aryl methyl sites for hydroxylation is 3. The van der Waals surface area contributed by atoms with Crippen molar-refractivity contribution in [3.63, 3.8) is 0 Å². The predicted octanol–water partition coefficient (Wildman–Crippen LogP) is 6.45. The second-order valence-corrected chi connectivity index (χ2v) is 6.94. The fourth-order valence-electron chi connectivity index (χ4n) is 2.67. The number of halogens is 2. The summed E-state index contributed by atoms with van der Waals surface area (Å²) in [5, 5.41) is 1.39. The van der Waals surface area contributed by atoms with Crippen LogP contribution in [0.2, 0.25) is 10.0 Å². The Balaban J connectivity index is 1.47. The lowest BCUT2D eigenvalue weighted by atomic mass is 10.1. The van der Waals surface area contributed by atoms with E-state index < -0.39 is 0 Å². The van der Waals surface area contributed by atoms with Crippen molar-refractivity contribution in [3.8, 4) is 11.5 Å². The molecule has 0 saturated heterocycles. The van der Waals surface area contributed by atoms with Gasteiger partial charge in [-0.1, -0.05) is 35.3 Å². The maximum Gasteiger partial charge on any atom is 0.127 e. The van der Waals surface area contributed by atoms with Gasteiger partial charge in [-0.3, -0.25) is 0 Å². The number of nitrogens with zero attached hydrogens (tertiary/aromatic N) is 2. The zero-order chi connectivity index (χ0) is 18.4. The second kappa shape index (κ2) is 9.02. The normalized spacial score (nSPS) is 10.7. The van der Waals surface area contributed by atoms with E-state index in [1.54, 1.807) is 6.33 Å². The molecule has 0 saturated carbocycles. The molecule has 0 atom stereocenters. The van der Waals surface area contributed by atoms with Crippen LogP contribution in [-0.2, 0) is 12.8 Å². The number of aromatic nitrogens is 2. The first-order valence-electron chi connectivity index (χ1n) is 8.60. The standard InChI is InChI=1S/C21H20Cl2N2O/c1-15-21(23)20(25-14-24-15)5-3-2-4-16-6-10-18(11-7-16)26-19-12-8-17(22)9-13-19/h6-14H,2-5H2,1H3. The lowest BCUT2D eigenvalue weighted by Gasteiger charge is -2.07. The van der Waals surface area contributed by atoms with Gasteiger partial charge in [0.15, 0.2) is 0 Å². The lowest BCUT2D eigenvalue weighted by molar-refractivity contribution is 0.482. The van der Waals surface area contributed by atoms with E-state index in [1.165, 1.54) is 5.56 Å². The van der Waals surface area contributed by atoms with E-state index in [9.17, 15) is 0 Å². The Bertz CT molecular complexity index is 849. The Kier molecular flexibility index (Phi) is 6.48. The molecule has 0 unspecified atom stereocenters. The first-order chi connectivity index (χ1) is 12.6. The Morgan fingerprint density at radius 3 is 2.12 bits per heavy atom. The lowest BCUT2D eigenvalue weighted by Crippen LogP contribution is -1.97. The average Bonchev–Trinajstić information content (AvgIpc) is 2.65. The van der Waals surface area contributed by atoms with E-state index in [4.69, 9.17) is 27.9 Å². The summed E-state index contributed by atoms with van der Waals surface area (Å²) in [6, 6.07) is 15.5. The Labute approximate surface area is 164 Å². The number of benzene rings is 2. The Morgan fingerprint density at radius 2 is 1.42 bits per heavy atom. The highest BCUT2D eigenvalue weighted by molar-refractivity contribution is 6.31. The smallest absolute Gasteiger partial charge is 0.127 e. The van der Waals surface area contributed by atoms with Crippen LogP contribution in [0, 0.1) is 6.92 Å². The molecule has 2 aromatic carbocycles. The summed E-state index contributed by atoms with van der Waals surface area (Å²) >= 11 is 12.1. The van der Waals surface area contributed by atoms with Crippen molar-refractivity contribution in [3.05, 3.63) is 81.9 Å². The fraction of sp³-hybridized carbons (Fsp3) is 0.238. The molecule has 26 heavy (non-hydrogen) atoms. The first kappa shape index (κ1) is 18.7. The van der Waals surface area contributed by atoms with E-state index >= 15 is 0 Å². The molecule has 0 aliphatic carbocycles. The van der Waals surface area contributed by atoms with E-state index in [-0.39, 0.29) is 0 Å². The minimum atomic E-state index is 0.691. The first-order valence-corrected chi connectivity index (χ1v) is 9.36. The van der Waals surface area contributed by atoms with Crippen LogP contribution in [0.4, 0.5) is 0 Å². The number of ether oxygens (including phenoxy) is 1. The van der Waals surface area contributed by atoms with Crippen LogP contribution in [0.5, 0.6) is 11.5 Å². The number of unbranched alkanes of at least 4 members (excludes halogenated alkanes) is 1. The number of hydrogen-bond donors (Lipinski definition) is 0. The molecular formula is C21H20Cl2N2O. The van der Waals surface area contributed by atoms with Crippen LogP contribution in [-0.4, -0.2) is 9.97 Å². The summed E-state index contributed by atoms with van der Waals surface area (Å²) in [4.78, 5) is 8.37. The van der Waals surface area contributed by atoms with Crippen molar-refractivity contribution in [1.82, 2.24) is 9.97 Å². The zero-order valence-corrected chi connectivity index (χ0v) is 16.1. The summed E-state index contributed by atoms with van der Waals surface area (Å²) in [6.07, 6.45) is 5.59. The highest BCUT2D eigenvalue weighted by Crippen LogP contribution is 2.24. The molecule has 0 amide bonds. The van der Waals surface area contributed by atoms with Crippen molar-refractivity contribution in [2.24, 2.45) is 0 Å². The van der Waals surface area contributed by atoms with E-state index in [0.29, 0.717) is 10.0 Å². The molecule has 0 N–H and O–H groups in total. The summed E-state index contributed by atoms with van der Waals surface area (Å²) in [5.74, 6) is 1.60. The molecule has 0 spiro atoms. The monoisotopic (exact) mass is 386 g/mol. The molecule has 0 radical (unpaired) electrons. The highest BCUT2D eigenvalue weighted by atomic mass is 35.5. The maximum absolute atomic E-state index is 6.24. The van der Waals surface area contributed by atoms with Gasteiger partial charge < -0.3 is 4.74 Å². The van der Waals surface area contributed by atoms with Gasteiger partial charge in [-0.25, -0.2) is 9.97 Å². The molecule has 3 rings (SSSR count).